The van der Waals surface area contributed by atoms with Crippen molar-refractivity contribution in [2.24, 2.45) is 0 Å². The van der Waals surface area contributed by atoms with Crippen LogP contribution >= 0.6 is 0 Å². The van der Waals surface area contributed by atoms with Gasteiger partial charge in [-0.1, -0.05) is 6.92 Å². The lowest BCUT2D eigenvalue weighted by atomic mass is 10.2. The van der Waals surface area contributed by atoms with Gasteiger partial charge in [0.05, 0.1) is 31.7 Å². The maximum absolute atomic E-state index is 12.3. The molecule has 21 heavy (non-hydrogen) atoms. The zero-order valence-corrected chi connectivity index (χ0v) is 13.7. The quantitative estimate of drug-likeness (QED) is 0.589. The minimum absolute atomic E-state index is 0.0374. The molecule has 1 unspecified atom stereocenters. The van der Waals surface area contributed by atoms with Gasteiger partial charge in [0.15, 0.2) is 9.84 Å². The summed E-state index contributed by atoms with van der Waals surface area (Å²) in [5.41, 5.74) is 0. The zero-order valence-electron chi connectivity index (χ0n) is 12.9. The maximum Gasteiger partial charge on any atom is 0.319 e. The second kappa shape index (κ2) is 7.74. The SMILES string of the molecule is CCN(CC(=O)OC)CC(=O)N(CC)C1CCS(=O)(=O)C1. The summed E-state index contributed by atoms with van der Waals surface area (Å²) in [7, 11) is -1.72. The van der Waals surface area contributed by atoms with Crippen LogP contribution in [0.15, 0.2) is 0 Å². The molecule has 0 bridgehead atoms. The number of hydrogen-bond acceptors (Lipinski definition) is 6. The van der Waals surface area contributed by atoms with E-state index in [4.69, 9.17) is 0 Å². The van der Waals surface area contributed by atoms with Crippen molar-refractivity contribution < 1.29 is 22.7 Å². The van der Waals surface area contributed by atoms with Crippen molar-refractivity contribution in [2.45, 2.75) is 26.3 Å². The van der Waals surface area contributed by atoms with Gasteiger partial charge in [-0.2, -0.15) is 0 Å². The third-order valence-corrected chi connectivity index (χ3v) is 5.45. The summed E-state index contributed by atoms with van der Waals surface area (Å²) < 4.78 is 27.7. The summed E-state index contributed by atoms with van der Waals surface area (Å²) in [5, 5.41) is 0. The van der Waals surface area contributed by atoms with Gasteiger partial charge in [-0.05, 0) is 19.9 Å². The monoisotopic (exact) mass is 320 g/mol. The fourth-order valence-corrected chi connectivity index (χ4v) is 4.20. The standard InChI is InChI=1S/C13H24N2O5S/c1-4-14(9-13(17)20-3)8-12(16)15(5-2)11-6-7-21(18,19)10-11/h11H,4-10H2,1-3H3. The van der Waals surface area contributed by atoms with Gasteiger partial charge in [-0.25, -0.2) is 8.42 Å². The molecule has 1 atom stereocenters. The van der Waals surface area contributed by atoms with E-state index in [1.165, 1.54) is 7.11 Å². The van der Waals surface area contributed by atoms with Crippen LogP contribution in [0.1, 0.15) is 20.3 Å². The number of carbonyl (C=O) groups is 2. The van der Waals surface area contributed by atoms with Crippen molar-refractivity contribution in [1.82, 2.24) is 9.80 Å². The highest BCUT2D eigenvalue weighted by Crippen LogP contribution is 2.18. The number of hydrogen-bond donors (Lipinski definition) is 0. The third-order valence-electron chi connectivity index (χ3n) is 3.70. The normalized spacial score (nSPS) is 20.5. The van der Waals surface area contributed by atoms with Gasteiger partial charge in [-0.15, -0.1) is 0 Å². The molecule has 0 saturated carbocycles. The molecule has 0 aliphatic carbocycles. The Morgan fingerprint density at radius 1 is 1.19 bits per heavy atom. The number of likely N-dealkylation sites (N-methyl/N-ethyl adjacent to an activating group) is 2. The number of ether oxygens (including phenoxy) is 1. The van der Waals surface area contributed by atoms with E-state index in [2.05, 4.69) is 4.74 Å². The van der Waals surface area contributed by atoms with E-state index in [1.54, 1.807) is 9.80 Å². The molecular formula is C13H24N2O5S. The molecule has 0 aromatic carbocycles. The average Bonchev–Trinajstić information content (AvgIpc) is 2.78. The van der Waals surface area contributed by atoms with Crippen molar-refractivity contribution in [3.05, 3.63) is 0 Å². The highest BCUT2D eigenvalue weighted by Gasteiger charge is 2.34. The van der Waals surface area contributed by atoms with Crippen LogP contribution in [0, 0.1) is 0 Å². The molecule has 0 N–H and O–H groups in total. The molecule has 0 aromatic heterocycles. The molecular weight excluding hydrogens is 296 g/mol. The Morgan fingerprint density at radius 2 is 1.86 bits per heavy atom. The van der Waals surface area contributed by atoms with Gasteiger partial charge < -0.3 is 9.64 Å². The summed E-state index contributed by atoms with van der Waals surface area (Å²) in [4.78, 5) is 26.9. The third kappa shape index (κ3) is 5.28. The average molecular weight is 320 g/mol. The number of sulfone groups is 1. The summed E-state index contributed by atoms with van der Waals surface area (Å²) in [6, 6.07) is -0.246. The first-order valence-corrected chi connectivity index (χ1v) is 8.94. The van der Waals surface area contributed by atoms with Crippen molar-refractivity contribution in [2.75, 3.05) is 44.8 Å². The summed E-state index contributed by atoms with van der Waals surface area (Å²) in [6.45, 7) is 4.84. The molecule has 1 heterocycles. The van der Waals surface area contributed by atoms with E-state index in [9.17, 15) is 18.0 Å². The second-order valence-electron chi connectivity index (χ2n) is 5.12. The fourth-order valence-electron chi connectivity index (χ4n) is 2.47. The number of amides is 1. The van der Waals surface area contributed by atoms with Gasteiger partial charge in [0.25, 0.3) is 0 Å². The first kappa shape index (κ1) is 17.9. The van der Waals surface area contributed by atoms with Gasteiger partial charge in [0.2, 0.25) is 5.91 Å². The predicted molar refractivity (Wildman–Crippen MR) is 78.6 cm³/mol. The molecule has 1 aliphatic heterocycles. The lowest BCUT2D eigenvalue weighted by Gasteiger charge is -2.29. The molecule has 1 rings (SSSR count). The lowest BCUT2D eigenvalue weighted by molar-refractivity contribution is -0.143. The first-order valence-electron chi connectivity index (χ1n) is 7.12. The molecule has 0 radical (unpaired) electrons. The zero-order chi connectivity index (χ0) is 16.0. The van der Waals surface area contributed by atoms with E-state index in [-0.39, 0.29) is 36.5 Å². The van der Waals surface area contributed by atoms with Gasteiger partial charge in [0, 0.05) is 12.6 Å². The highest BCUT2D eigenvalue weighted by molar-refractivity contribution is 7.91. The smallest absolute Gasteiger partial charge is 0.319 e. The van der Waals surface area contributed by atoms with Crippen molar-refractivity contribution in [3.63, 3.8) is 0 Å². The minimum Gasteiger partial charge on any atom is -0.468 e. The second-order valence-corrected chi connectivity index (χ2v) is 7.34. The Labute approximate surface area is 126 Å². The van der Waals surface area contributed by atoms with Gasteiger partial charge in [-0.3, -0.25) is 14.5 Å². The number of esters is 1. The first-order chi connectivity index (χ1) is 9.82. The van der Waals surface area contributed by atoms with E-state index in [0.717, 1.165) is 0 Å². The van der Waals surface area contributed by atoms with E-state index in [1.807, 2.05) is 13.8 Å². The number of nitrogens with zero attached hydrogens (tertiary/aromatic N) is 2. The van der Waals surface area contributed by atoms with Crippen molar-refractivity contribution >= 4 is 21.7 Å². The fraction of sp³-hybridized carbons (Fsp3) is 0.846. The topological polar surface area (TPSA) is 84.0 Å². The Hall–Kier alpha value is -1.15. The van der Waals surface area contributed by atoms with Crippen LogP contribution in [0.25, 0.3) is 0 Å². The molecule has 7 nitrogen and oxygen atoms in total. The van der Waals surface area contributed by atoms with Crippen LogP contribution in [0.3, 0.4) is 0 Å². The summed E-state index contributed by atoms with van der Waals surface area (Å²) in [5.74, 6) is -0.363. The van der Waals surface area contributed by atoms with Crippen LogP contribution in [0.2, 0.25) is 0 Å². The van der Waals surface area contributed by atoms with Crippen LogP contribution in [-0.4, -0.2) is 80.9 Å². The largest absolute Gasteiger partial charge is 0.468 e. The van der Waals surface area contributed by atoms with Crippen LogP contribution < -0.4 is 0 Å². The molecule has 122 valence electrons. The lowest BCUT2D eigenvalue weighted by Crippen LogP contribution is -2.47. The van der Waals surface area contributed by atoms with E-state index in [0.29, 0.717) is 19.5 Å². The Kier molecular flexibility index (Phi) is 6.60. The molecule has 1 amide bonds. The summed E-state index contributed by atoms with van der Waals surface area (Å²) in [6.07, 6.45) is 0.491. The van der Waals surface area contributed by atoms with Crippen molar-refractivity contribution in [1.29, 1.82) is 0 Å². The number of rotatable bonds is 7. The molecule has 1 fully saturated rings. The summed E-state index contributed by atoms with van der Waals surface area (Å²) >= 11 is 0. The minimum atomic E-state index is -3.02. The maximum atomic E-state index is 12.3. The molecule has 0 aromatic rings. The van der Waals surface area contributed by atoms with Crippen molar-refractivity contribution in [3.8, 4) is 0 Å². The number of carbonyl (C=O) groups excluding carboxylic acids is 2. The molecule has 0 spiro atoms. The predicted octanol–water partition coefficient (Wildman–Crippen LogP) is -0.483. The molecule has 1 saturated heterocycles. The Balaban J connectivity index is 2.64. The van der Waals surface area contributed by atoms with E-state index >= 15 is 0 Å². The highest BCUT2D eigenvalue weighted by atomic mass is 32.2. The number of methoxy groups -OCH3 is 1. The van der Waals surface area contributed by atoms with Gasteiger partial charge >= 0.3 is 5.97 Å². The van der Waals surface area contributed by atoms with Crippen LogP contribution in [0.4, 0.5) is 0 Å². The Morgan fingerprint density at radius 3 is 2.29 bits per heavy atom. The van der Waals surface area contributed by atoms with Crippen LogP contribution in [0.5, 0.6) is 0 Å². The molecule has 1 aliphatic rings. The van der Waals surface area contributed by atoms with Gasteiger partial charge in [0.1, 0.15) is 0 Å². The van der Waals surface area contributed by atoms with E-state index < -0.39 is 15.8 Å². The van der Waals surface area contributed by atoms with Crippen LogP contribution in [-0.2, 0) is 24.2 Å². The molecule has 8 heteroatoms. The Bertz CT molecular complexity index is 477.